The Balaban J connectivity index is 1.62. The summed E-state index contributed by atoms with van der Waals surface area (Å²) in [6, 6.07) is 18.3. The second-order valence-electron chi connectivity index (χ2n) is 5.70. The Morgan fingerprint density at radius 1 is 1.00 bits per heavy atom. The first-order valence-electron chi connectivity index (χ1n) is 8.59. The average molecular weight is 363 g/mol. The molecule has 1 aromatic heterocycles. The van der Waals surface area contributed by atoms with Gasteiger partial charge in [0.25, 0.3) is 5.91 Å². The highest BCUT2D eigenvalue weighted by Crippen LogP contribution is 2.20. The number of hydrogen-bond donors (Lipinski definition) is 2. The number of rotatable bonds is 7. The lowest BCUT2D eigenvalue weighted by Gasteiger charge is -2.09. The normalized spacial score (nSPS) is 10.1. The van der Waals surface area contributed by atoms with E-state index in [-0.39, 0.29) is 5.91 Å². The lowest BCUT2D eigenvalue weighted by atomic mass is 10.2. The number of nitrogens with zero attached hydrogens (tertiary/aromatic N) is 1. The molecule has 0 radical (unpaired) electrons. The summed E-state index contributed by atoms with van der Waals surface area (Å²) in [7, 11) is 1.58. The molecular formula is C21H21N3O3. The number of benzene rings is 2. The number of carbonyl (C=O) groups excluding carboxylic acids is 1. The third-order valence-electron chi connectivity index (χ3n) is 3.79. The van der Waals surface area contributed by atoms with E-state index in [0.29, 0.717) is 29.4 Å². The van der Waals surface area contributed by atoms with Crippen molar-refractivity contribution in [3.8, 4) is 11.5 Å². The molecule has 0 unspecified atom stereocenters. The molecule has 1 heterocycles. The highest BCUT2D eigenvalue weighted by Gasteiger charge is 2.08. The average Bonchev–Trinajstić information content (AvgIpc) is 2.70. The molecule has 0 atom stereocenters. The van der Waals surface area contributed by atoms with Gasteiger partial charge in [-0.1, -0.05) is 6.07 Å². The van der Waals surface area contributed by atoms with Gasteiger partial charge in [0.2, 0.25) is 0 Å². The van der Waals surface area contributed by atoms with Crippen molar-refractivity contribution in [3.05, 3.63) is 72.4 Å². The molecule has 3 aromatic rings. The SMILES string of the molecule is CCOc1ccc(Nc2ccc(C(=O)Nc3cccc(OC)c3)cn2)cc1. The summed E-state index contributed by atoms with van der Waals surface area (Å²) in [4.78, 5) is 16.7. The molecule has 0 saturated heterocycles. The van der Waals surface area contributed by atoms with E-state index in [1.807, 2.05) is 43.3 Å². The fraction of sp³-hybridized carbons (Fsp3) is 0.143. The van der Waals surface area contributed by atoms with Crippen molar-refractivity contribution >= 4 is 23.1 Å². The summed E-state index contributed by atoms with van der Waals surface area (Å²) >= 11 is 0. The first-order valence-corrected chi connectivity index (χ1v) is 8.59. The maximum atomic E-state index is 12.4. The summed E-state index contributed by atoms with van der Waals surface area (Å²) in [6.07, 6.45) is 1.53. The van der Waals surface area contributed by atoms with Gasteiger partial charge in [-0.2, -0.15) is 0 Å². The van der Waals surface area contributed by atoms with Gasteiger partial charge in [-0.15, -0.1) is 0 Å². The summed E-state index contributed by atoms with van der Waals surface area (Å²) in [5.41, 5.74) is 2.02. The summed E-state index contributed by atoms with van der Waals surface area (Å²) in [5, 5.41) is 6.02. The third kappa shape index (κ3) is 4.98. The van der Waals surface area contributed by atoms with E-state index in [1.165, 1.54) is 6.20 Å². The highest BCUT2D eigenvalue weighted by molar-refractivity contribution is 6.04. The van der Waals surface area contributed by atoms with Gasteiger partial charge >= 0.3 is 0 Å². The number of anilines is 3. The van der Waals surface area contributed by atoms with Crippen LogP contribution in [0.3, 0.4) is 0 Å². The third-order valence-corrected chi connectivity index (χ3v) is 3.79. The monoisotopic (exact) mass is 363 g/mol. The molecule has 0 saturated carbocycles. The van der Waals surface area contributed by atoms with Crippen LogP contribution in [0.25, 0.3) is 0 Å². The van der Waals surface area contributed by atoms with Gasteiger partial charge in [-0.3, -0.25) is 4.79 Å². The zero-order valence-corrected chi connectivity index (χ0v) is 15.2. The minimum absolute atomic E-state index is 0.233. The number of pyridine rings is 1. The van der Waals surface area contributed by atoms with Gasteiger partial charge in [-0.25, -0.2) is 4.98 Å². The molecule has 6 nitrogen and oxygen atoms in total. The van der Waals surface area contributed by atoms with Crippen LogP contribution in [0.2, 0.25) is 0 Å². The van der Waals surface area contributed by atoms with Crippen LogP contribution in [0, 0.1) is 0 Å². The Labute approximate surface area is 158 Å². The number of carbonyl (C=O) groups is 1. The first kappa shape index (κ1) is 18.3. The Morgan fingerprint density at radius 2 is 1.81 bits per heavy atom. The van der Waals surface area contributed by atoms with Crippen LogP contribution >= 0.6 is 0 Å². The first-order chi connectivity index (χ1) is 13.2. The predicted molar refractivity (Wildman–Crippen MR) is 106 cm³/mol. The Bertz CT molecular complexity index is 893. The summed E-state index contributed by atoms with van der Waals surface area (Å²) in [5.74, 6) is 1.92. The fourth-order valence-corrected chi connectivity index (χ4v) is 2.46. The molecule has 3 rings (SSSR count). The second kappa shape index (κ2) is 8.71. The van der Waals surface area contributed by atoms with Gasteiger partial charge in [0, 0.05) is 23.6 Å². The van der Waals surface area contributed by atoms with Crippen molar-refractivity contribution < 1.29 is 14.3 Å². The zero-order chi connectivity index (χ0) is 19.1. The van der Waals surface area contributed by atoms with E-state index >= 15 is 0 Å². The van der Waals surface area contributed by atoms with Crippen LogP contribution in [-0.2, 0) is 0 Å². The minimum Gasteiger partial charge on any atom is -0.497 e. The van der Waals surface area contributed by atoms with Gasteiger partial charge in [0.15, 0.2) is 0 Å². The molecule has 0 aliphatic carbocycles. The maximum Gasteiger partial charge on any atom is 0.257 e. The zero-order valence-electron chi connectivity index (χ0n) is 15.2. The Hall–Kier alpha value is -3.54. The summed E-state index contributed by atoms with van der Waals surface area (Å²) < 4.78 is 10.6. The smallest absolute Gasteiger partial charge is 0.257 e. The number of amides is 1. The molecule has 0 aliphatic heterocycles. The number of nitrogens with one attached hydrogen (secondary N) is 2. The molecule has 2 N–H and O–H groups in total. The lowest BCUT2D eigenvalue weighted by Crippen LogP contribution is -2.12. The van der Waals surface area contributed by atoms with Crippen molar-refractivity contribution in [1.29, 1.82) is 0 Å². The van der Waals surface area contributed by atoms with Gasteiger partial charge in [0.05, 0.1) is 19.3 Å². The molecule has 0 aliphatic rings. The van der Waals surface area contributed by atoms with Crippen LogP contribution in [-0.4, -0.2) is 24.6 Å². The van der Waals surface area contributed by atoms with E-state index in [4.69, 9.17) is 9.47 Å². The molecule has 1 amide bonds. The largest absolute Gasteiger partial charge is 0.497 e. The molecule has 2 aromatic carbocycles. The van der Waals surface area contributed by atoms with E-state index in [1.54, 1.807) is 31.4 Å². The lowest BCUT2D eigenvalue weighted by molar-refractivity contribution is 0.102. The van der Waals surface area contributed by atoms with Crippen LogP contribution < -0.4 is 20.1 Å². The van der Waals surface area contributed by atoms with Crippen molar-refractivity contribution in [2.75, 3.05) is 24.4 Å². The number of aromatic nitrogens is 1. The maximum absolute atomic E-state index is 12.4. The molecule has 27 heavy (non-hydrogen) atoms. The van der Waals surface area contributed by atoms with Crippen LogP contribution in [0.15, 0.2) is 66.9 Å². The molecule has 6 heteroatoms. The quantitative estimate of drug-likeness (QED) is 0.647. The second-order valence-corrected chi connectivity index (χ2v) is 5.70. The highest BCUT2D eigenvalue weighted by atomic mass is 16.5. The molecule has 0 bridgehead atoms. The Morgan fingerprint density at radius 3 is 2.48 bits per heavy atom. The van der Waals surface area contributed by atoms with Crippen LogP contribution in [0.5, 0.6) is 11.5 Å². The fourth-order valence-electron chi connectivity index (χ4n) is 2.46. The summed E-state index contributed by atoms with van der Waals surface area (Å²) in [6.45, 7) is 2.58. The van der Waals surface area contributed by atoms with Gasteiger partial charge < -0.3 is 20.1 Å². The van der Waals surface area contributed by atoms with Crippen molar-refractivity contribution in [3.63, 3.8) is 0 Å². The predicted octanol–water partition coefficient (Wildman–Crippen LogP) is 4.48. The van der Waals surface area contributed by atoms with E-state index < -0.39 is 0 Å². The standard InChI is InChI=1S/C21H21N3O3/c1-3-27-18-10-8-16(9-11-18)23-20-12-7-15(14-22-20)21(25)24-17-5-4-6-19(13-17)26-2/h4-14H,3H2,1-2H3,(H,22,23)(H,24,25). The molecule has 0 spiro atoms. The molecular weight excluding hydrogens is 342 g/mol. The molecule has 138 valence electrons. The van der Waals surface area contributed by atoms with Crippen molar-refractivity contribution in [2.45, 2.75) is 6.92 Å². The molecule has 0 fully saturated rings. The number of methoxy groups -OCH3 is 1. The number of ether oxygens (including phenoxy) is 2. The van der Waals surface area contributed by atoms with Crippen LogP contribution in [0.4, 0.5) is 17.2 Å². The Kier molecular flexibility index (Phi) is 5.89. The van der Waals surface area contributed by atoms with E-state index in [9.17, 15) is 4.79 Å². The minimum atomic E-state index is -0.233. The van der Waals surface area contributed by atoms with Crippen molar-refractivity contribution in [1.82, 2.24) is 4.98 Å². The topological polar surface area (TPSA) is 72.5 Å². The van der Waals surface area contributed by atoms with Crippen molar-refractivity contribution in [2.24, 2.45) is 0 Å². The van der Waals surface area contributed by atoms with Gasteiger partial charge in [0.1, 0.15) is 17.3 Å². The van der Waals surface area contributed by atoms with E-state index in [0.717, 1.165) is 11.4 Å². The number of hydrogen-bond acceptors (Lipinski definition) is 5. The van der Waals surface area contributed by atoms with Crippen LogP contribution in [0.1, 0.15) is 17.3 Å². The van der Waals surface area contributed by atoms with E-state index in [2.05, 4.69) is 15.6 Å². The van der Waals surface area contributed by atoms with Gasteiger partial charge in [-0.05, 0) is 55.5 Å².